The standard InChI is InChI=1S/C23H23FN2OS/c1-13-4-6-17(7-5-13)23-26-15(3)21(28-23)14(2)25-22(27)20-12-19(20)16-8-10-18(24)11-9-16/h4-11,14,19-20H,12H2,1-3H3,(H,25,27). The second kappa shape index (κ2) is 7.47. The smallest absolute Gasteiger partial charge is 0.224 e. The van der Waals surface area contributed by atoms with Gasteiger partial charge in [0.2, 0.25) is 5.91 Å². The average Bonchev–Trinajstić information content (AvgIpc) is 3.38. The molecule has 0 radical (unpaired) electrons. The van der Waals surface area contributed by atoms with Gasteiger partial charge >= 0.3 is 0 Å². The Bertz CT molecular complexity index is 994. The number of carbonyl (C=O) groups excluding carboxylic acids is 1. The van der Waals surface area contributed by atoms with Crippen molar-refractivity contribution in [1.82, 2.24) is 10.3 Å². The van der Waals surface area contributed by atoms with Crippen LogP contribution in [0.5, 0.6) is 0 Å². The second-order valence-electron chi connectivity index (χ2n) is 7.57. The molecule has 0 bridgehead atoms. The van der Waals surface area contributed by atoms with Crippen LogP contribution in [0, 0.1) is 25.6 Å². The Hall–Kier alpha value is -2.53. The number of carbonyl (C=O) groups is 1. The third-order valence-corrected chi connectivity index (χ3v) is 6.70. The number of amides is 1. The van der Waals surface area contributed by atoms with Crippen molar-refractivity contribution in [2.45, 2.75) is 39.2 Å². The first-order valence-electron chi connectivity index (χ1n) is 9.52. The van der Waals surface area contributed by atoms with E-state index in [1.165, 1.54) is 17.7 Å². The van der Waals surface area contributed by atoms with E-state index < -0.39 is 0 Å². The van der Waals surface area contributed by atoms with Crippen LogP contribution in [0.1, 0.15) is 47.0 Å². The lowest BCUT2D eigenvalue weighted by Crippen LogP contribution is -2.28. The van der Waals surface area contributed by atoms with Gasteiger partial charge in [-0.05, 0) is 50.8 Å². The first-order chi connectivity index (χ1) is 13.4. The Balaban J connectivity index is 1.42. The molecule has 1 saturated carbocycles. The van der Waals surface area contributed by atoms with Gasteiger partial charge in [0.25, 0.3) is 0 Å². The molecule has 0 saturated heterocycles. The van der Waals surface area contributed by atoms with E-state index in [0.717, 1.165) is 33.1 Å². The number of thiazole rings is 1. The van der Waals surface area contributed by atoms with Crippen LogP contribution in [-0.2, 0) is 4.79 Å². The third kappa shape index (κ3) is 3.85. The third-order valence-electron chi connectivity index (χ3n) is 5.31. The molecule has 1 fully saturated rings. The predicted octanol–water partition coefficient (Wildman–Crippen LogP) is 5.55. The average molecular weight is 395 g/mol. The highest BCUT2D eigenvalue weighted by atomic mass is 32.1. The van der Waals surface area contributed by atoms with E-state index in [2.05, 4.69) is 36.5 Å². The molecule has 3 atom stereocenters. The van der Waals surface area contributed by atoms with Gasteiger partial charge in [0.15, 0.2) is 0 Å². The van der Waals surface area contributed by atoms with E-state index in [4.69, 9.17) is 4.98 Å². The highest BCUT2D eigenvalue weighted by Gasteiger charge is 2.44. The van der Waals surface area contributed by atoms with E-state index in [9.17, 15) is 9.18 Å². The topological polar surface area (TPSA) is 42.0 Å². The van der Waals surface area contributed by atoms with Crippen LogP contribution in [0.2, 0.25) is 0 Å². The Labute approximate surface area is 168 Å². The fourth-order valence-electron chi connectivity index (χ4n) is 3.58. The molecule has 1 heterocycles. The van der Waals surface area contributed by atoms with E-state index in [1.807, 2.05) is 13.8 Å². The van der Waals surface area contributed by atoms with Gasteiger partial charge in [-0.2, -0.15) is 0 Å². The van der Waals surface area contributed by atoms with Gasteiger partial charge < -0.3 is 5.32 Å². The fraction of sp³-hybridized carbons (Fsp3) is 0.304. The minimum atomic E-state index is -0.246. The van der Waals surface area contributed by atoms with E-state index >= 15 is 0 Å². The molecule has 1 N–H and O–H groups in total. The summed E-state index contributed by atoms with van der Waals surface area (Å²) in [6.45, 7) is 6.06. The molecule has 3 nitrogen and oxygen atoms in total. The molecule has 28 heavy (non-hydrogen) atoms. The lowest BCUT2D eigenvalue weighted by molar-refractivity contribution is -0.123. The number of nitrogens with one attached hydrogen (secondary N) is 1. The molecule has 5 heteroatoms. The van der Waals surface area contributed by atoms with E-state index in [1.54, 1.807) is 23.5 Å². The molecular formula is C23H23FN2OS. The minimum absolute atomic E-state index is 0.0299. The lowest BCUT2D eigenvalue weighted by Gasteiger charge is -2.13. The first-order valence-corrected chi connectivity index (χ1v) is 10.3. The van der Waals surface area contributed by atoms with Gasteiger partial charge in [0.05, 0.1) is 16.6 Å². The molecule has 2 aromatic carbocycles. The summed E-state index contributed by atoms with van der Waals surface area (Å²) in [5.74, 6) is -0.0215. The number of hydrogen-bond donors (Lipinski definition) is 1. The number of rotatable bonds is 5. The van der Waals surface area contributed by atoms with Crippen molar-refractivity contribution in [2.24, 2.45) is 5.92 Å². The number of hydrogen-bond acceptors (Lipinski definition) is 3. The Morgan fingerprint density at radius 2 is 1.82 bits per heavy atom. The second-order valence-corrected chi connectivity index (χ2v) is 8.60. The number of nitrogens with zero attached hydrogens (tertiary/aromatic N) is 1. The molecule has 4 rings (SSSR count). The molecule has 0 spiro atoms. The molecule has 144 valence electrons. The van der Waals surface area contributed by atoms with Crippen molar-refractivity contribution in [1.29, 1.82) is 0 Å². The summed E-state index contributed by atoms with van der Waals surface area (Å²) in [6, 6.07) is 14.7. The Morgan fingerprint density at radius 1 is 1.14 bits per heavy atom. The van der Waals surface area contributed by atoms with Crippen LogP contribution in [0.25, 0.3) is 10.6 Å². The van der Waals surface area contributed by atoms with Crippen molar-refractivity contribution in [3.63, 3.8) is 0 Å². The van der Waals surface area contributed by atoms with Crippen molar-refractivity contribution in [3.05, 3.63) is 76.0 Å². The predicted molar refractivity (Wildman–Crippen MR) is 111 cm³/mol. The van der Waals surface area contributed by atoms with Crippen LogP contribution < -0.4 is 5.32 Å². The fourth-order valence-corrected chi connectivity index (χ4v) is 4.65. The van der Waals surface area contributed by atoms with Crippen LogP contribution in [0.4, 0.5) is 4.39 Å². The zero-order valence-electron chi connectivity index (χ0n) is 16.2. The number of aryl methyl sites for hydroxylation is 2. The summed E-state index contributed by atoms with van der Waals surface area (Å²) in [5, 5.41) is 4.12. The molecule has 1 aliphatic carbocycles. The highest BCUT2D eigenvalue weighted by molar-refractivity contribution is 7.15. The molecule has 0 aliphatic heterocycles. The quantitative estimate of drug-likeness (QED) is 0.617. The highest BCUT2D eigenvalue weighted by Crippen LogP contribution is 2.48. The van der Waals surface area contributed by atoms with E-state index in [0.29, 0.717) is 0 Å². The Kier molecular flexibility index (Phi) is 5.02. The van der Waals surface area contributed by atoms with Crippen LogP contribution >= 0.6 is 11.3 Å². The van der Waals surface area contributed by atoms with Crippen molar-refractivity contribution < 1.29 is 9.18 Å². The van der Waals surface area contributed by atoms with E-state index in [-0.39, 0.29) is 29.6 Å². The van der Waals surface area contributed by atoms with Crippen LogP contribution in [-0.4, -0.2) is 10.9 Å². The van der Waals surface area contributed by atoms with Gasteiger partial charge in [0.1, 0.15) is 10.8 Å². The van der Waals surface area contributed by atoms with Gasteiger partial charge in [0, 0.05) is 11.5 Å². The largest absolute Gasteiger partial charge is 0.348 e. The zero-order valence-corrected chi connectivity index (χ0v) is 17.0. The number of benzene rings is 2. The molecular weight excluding hydrogens is 371 g/mol. The molecule has 3 aromatic rings. The lowest BCUT2D eigenvalue weighted by atomic mass is 10.1. The SMILES string of the molecule is Cc1ccc(-c2nc(C)c(C(C)NC(=O)C3CC3c3ccc(F)cc3)s2)cc1. The minimum Gasteiger partial charge on any atom is -0.348 e. The summed E-state index contributed by atoms with van der Waals surface area (Å²) >= 11 is 1.63. The van der Waals surface area contributed by atoms with Gasteiger partial charge in [-0.1, -0.05) is 42.0 Å². The van der Waals surface area contributed by atoms with Gasteiger partial charge in [-0.3, -0.25) is 4.79 Å². The monoisotopic (exact) mass is 394 g/mol. The Morgan fingerprint density at radius 3 is 2.50 bits per heavy atom. The van der Waals surface area contributed by atoms with Crippen LogP contribution in [0.3, 0.4) is 0 Å². The maximum atomic E-state index is 13.1. The van der Waals surface area contributed by atoms with Crippen LogP contribution in [0.15, 0.2) is 48.5 Å². The maximum absolute atomic E-state index is 13.1. The summed E-state index contributed by atoms with van der Waals surface area (Å²) in [7, 11) is 0. The van der Waals surface area contributed by atoms with Gasteiger partial charge in [-0.25, -0.2) is 9.37 Å². The molecule has 1 aliphatic rings. The van der Waals surface area contributed by atoms with Crippen molar-refractivity contribution >= 4 is 17.2 Å². The maximum Gasteiger partial charge on any atom is 0.224 e. The number of halogens is 1. The van der Waals surface area contributed by atoms with Crippen molar-refractivity contribution in [2.75, 3.05) is 0 Å². The molecule has 3 unspecified atom stereocenters. The van der Waals surface area contributed by atoms with Gasteiger partial charge in [-0.15, -0.1) is 11.3 Å². The summed E-state index contributed by atoms with van der Waals surface area (Å²) < 4.78 is 13.1. The summed E-state index contributed by atoms with van der Waals surface area (Å²) in [6.07, 6.45) is 0.820. The molecule has 1 amide bonds. The summed E-state index contributed by atoms with van der Waals surface area (Å²) in [5.41, 5.74) is 4.31. The van der Waals surface area contributed by atoms with Crippen molar-refractivity contribution in [3.8, 4) is 10.6 Å². The first kappa shape index (κ1) is 18.8. The normalized spacial score (nSPS) is 19.3. The summed E-state index contributed by atoms with van der Waals surface area (Å²) in [4.78, 5) is 18.5. The molecule has 1 aromatic heterocycles. The zero-order chi connectivity index (χ0) is 19.8. The number of aromatic nitrogens is 1.